The number of benzene rings is 2. The van der Waals surface area contributed by atoms with Crippen molar-refractivity contribution in [3.63, 3.8) is 0 Å². The lowest BCUT2D eigenvalue weighted by molar-refractivity contribution is 0.0789. The van der Waals surface area contributed by atoms with Crippen molar-refractivity contribution in [1.82, 2.24) is 9.21 Å². The summed E-state index contributed by atoms with van der Waals surface area (Å²) in [6, 6.07) is 16.2. The monoisotopic (exact) mass is 435 g/mol. The third-order valence-electron chi connectivity index (χ3n) is 5.68. The van der Waals surface area contributed by atoms with Crippen LogP contribution in [0.4, 0.5) is 0 Å². The van der Waals surface area contributed by atoms with E-state index in [0.29, 0.717) is 31.7 Å². The van der Waals surface area contributed by atoms with Crippen LogP contribution >= 0.6 is 12.4 Å². The van der Waals surface area contributed by atoms with Crippen LogP contribution in [0.5, 0.6) is 0 Å². The molecule has 29 heavy (non-hydrogen) atoms. The third kappa shape index (κ3) is 4.33. The molecule has 0 aromatic heterocycles. The molecule has 0 spiro atoms. The molecule has 2 saturated heterocycles. The number of rotatable bonds is 4. The van der Waals surface area contributed by atoms with Crippen LogP contribution in [0.2, 0.25) is 0 Å². The molecule has 2 aliphatic heterocycles. The summed E-state index contributed by atoms with van der Waals surface area (Å²) in [6.07, 6.45) is 1.79. The number of likely N-dealkylation sites (tertiary alicyclic amines) is 1. The van der Waals surface area contributed by atoms with Gasteiger partial charge in [-0.3, -0.25) is 4.79 Å². The average molecular weight is 436 g/mol. The molecule has 0 bridgehead atoms. The first-order valence-electron chi connectivity index (χ1n) is 9.67. The first kappa shape index (κ1) is 21.8. The zero-order valence-electron chi connectivity index (χ0n) is 16.1. The topological polar surface area (TPSA) is 83.7 Å². The molecule has 156 valence electrons. The largest absolute Gasteiger partial charge is 0.336 e. The average Bonchev–Trinajstić information content (AvgIpc) is 3.39. The van der Waals surface area contributed by atoms with Gasteiger partial charge in [0, 0.05) is 43.7 Å². The number of carbonyl (C=O) groups is 1. The summed E-state index contributed by atoms with van der Waals surface area (Å²) >= 11 is 0. The number of carbonyl (C=O) groups excluding carboxylic acids is 1. The molecule has 0 radical (unpaired) electrons. The van der Waals surface area contributed by atoms with Crippen LogP contribution in [0, 0.1) is 0 Å². The van der Waals surface area contributed by atoms with Gasteiger partial charge in [0.05, 0.1) is 4.90 Å². The van der Waals surface area contributed by atoms with Crippen molar-refractivity contribution in [2.24, 2.45) is 5.73 Å². The molecular weight excluding hydrogens is 410 g/mol. The number of nitrogens with zero attached hydrogens (tertiary/aromatic N) is 2. The fourth-order valence-electron chi connectivity index (χ4n) is 4.08. The Labute approximate surface area is 178 Å². The van der Waals surface area contributed by atoms with Crippen LogP contribution in [0.3, 0.4) is 0 Å². The van der Waals surface area contributed by atoms with Gasteiger partial charge < -0.3 is 10.6 Å². The van der Waals surface area contributed by atoms with E-state index in [1.807, 2.05) is 30.3 Å². The Balaban J connectivity index is 0.00000240. The van der Waals surface area contributed by atoms with Crippen molar-refractivity contribution in [1.29, 1.82) is 0 Å². The van der Waals surface area contributed by atoms with Gasteiger partial charge in [-0.15, -0.1) is 12.4 Å². The maximum atomic E-state index is 12.9. The van der Waals surface area contributed by atoms with Crippen LogP contribution in [-0.2, 0) is 10.0 Å². The lowest BCUT2D eigenvalue weighted by Crippen LogP contribution is -2.32. The molecule has 2 aromatic rings. The van der Waals surface area contributed by atoms with Gasteiger partial charge in [-0.05, 0) is 42.7 Å². The van der Waals surface area contributed by atoms with Crippen LogP contribution in [0.15, 0.2) is 59.5 Å². The van der Waals surface area contributed by atoms with Gasteiger partial charge in [-0.25, -0.2) is 8.42 Å². The van der Waals surface area contributed by atoms with Gasteiger partial charge in [0.15, 0.2) is 0 Å². The predicted molar refractivity (Wildman–Crippen MR) is 115 cm³/mol. The fourth-order valence-corrected chi connectivity index (χ4v) is 5.59. The van der Waals surface area contributed by atoms with E-state index in [2.05, 4.69) is 0 Å². The lowest BCUT2D eigenvalue weighted by atomic mass is 9.95. The predicted octanol–water partition coefficient (Wildman–Crippen LogP) is 2.46. The van der Waals surface area contributed by atoms with Crippen molar-refractivity contribution >= 4 is 28.3 Å². The Morgan fingerprint density at radius 3 is 2.17 bits per heavy atom. The molecule has 0 aliphatic carbocycles. The second-order valence-corrected chi connectivity index (χ2v) is 9.46. The Morgan fingerprint density at radius 1 is 0.931 bits per heavy atom. The van der Waals surface area contributed by atoms with Gasteiger partial charge in [0.25, 0.3) is 5.91 Å². The molecular formula is C21H26ClN3O3S. The Hall–Kier alpha value is -1.93. The van der Waals surface area contributed by atoms with E-state index in [1.165, 1.54) is 16.4 Å². The van der Waals surface area contributed by atoms with E-state index in [-0.39, 0.29) is 35.2 Å². The summed E-state index contributed by atoms with van der Waals surface area (Å²) in [7, 11) is -3.47. The van der Waals surface area contributed by atoms with Gasteiger partial charge in [-0.1, -0.05) is 30.3 Å². The van der Waals surface area contributed by atoms with Crippen molar-refractivity contribution in [3.05, 3.63) is 65.7 Å². The van der Waals surface area contributed by atoms with E-state index in [1.54, 1.807) is 17.0 Å². The number of hydrogen-bond acceptors (Lipinski definition) is 4. The van der Waals surface area contributed by atoms with Crippen LogP contribution in [0.1, 0.15) is 34.7 Å². The fraction of sp³-hybridized carbons (Fsp3) is 0.381. The van der Waals surface area contributed by atoms with Crippen molar-refractivity contribution in [2.75, 3.05) is 26.2 Å². The summed E-state index contributed by atoms with van der Waals surface area (Å²) in [4.78, 5) is 14.9. The third-order valence-corrected chi connectivity index (χ3v) is 7.60. The highest BCUT2D eigenvalue weighted by molar-refractivity contribution is 7.89. The van der Waals surface area contributed by atoms with Crippen LogP contribution in [-0.4, -0.2) is 55.8 Å². The smallest absolute Gasteiger partial charge is 0.253 e. The van der Waals surface area contributed by atoms with E-state index >= 15 is 0 Å². The molecule has 2 heterocycles. The standard InChI is InChI=1S/C21H25N3O3S.ClH/c22-20-15-23(14-19(20)16-6-2-1-3-7-16)21(25)17-8-10-18(11-9-17)28(26,27)24-12-4-5-13-24;/h1-3,6-11,19-20H,4-5,12-15,22H2;1H/t19-,20+;/m0./s1. The second kappa shape index (κ2) is 8.83. The number of sulfonamides is 1. The normalized spacial score (nSPS) is 22.4. The molecule has 2 aliphatic rings. The van der Waals surface area contributed by atoms with Gasteiger partial charge in [-0.2, -0.15) is 4.31 Å². The minimum atomic E-state index is -3.47. The Bertz CT molecular complexity index is 945. The number of nitrogens with two attached hydrogens (primary N) is 1. The quantitative estimate of drug-likeness (QED) is 0.799. The molecule has 2 N–H and O–H groups in total. The highest BCUT2D eigenvalue weighted by Gasteiger charge is 2.34. The number of halogens is 1. The maximum absolute atomic E-state index is 12.9. The van der Waals surface area contributed by atoms with Crippen molar-refractivity contribution in [2.45, 2.75) is 29.7 Å². The minimum absolute atomic E-state index is 0. The molecule has 0 saturated carbocycles. The molecule has 0 unspecified atom stereocenters. The van der Waals surface area contributed by atoms with Gasteiger partial charge in [0.2, 0.25) is 10.0 Å². The minimum Gasteiger partial charge on any atom is -0.336 e. The van der Waals surface area contributed by atoms with E-state index in [0.717, 1.165) is 18.4 Å². The Morgan fingerprint density at radius 2 is 1.55 bits per heavy atom. The van der Waals surface area contributed by atoms with Crippen molar-refractivity contribution in [3.8, 4) is 0 Å². The summed E-state index contributed by atoms with van der Waals surface area (Å²) < 4.78 is 26.8. The maximum Gasteiger partial charge on any atom is 0.253 e. The molecule has 1 amide bonds. The SMILES string of the molecule is Cl.N[C@@H]1CN(C(=O)c2ccc(S(=O)(=O)N3CCCC3)cc2)C[C@H]1c1ccccc1. The summed E-state index contributed by atoms with van der Waals surface area (Å²) in [5.41, 5.74) is 7.91. The van der Waals surface area contributed by atoms with Crippen LogP contribution < -0.4 is 5.73 Å². The summed E-state index contributed by atoms with van der Waals surface area (Å²) in [6.45, 7) is 2.19. The van der Waals surface area contributed by atoms with E-state index < -0.39 is 10.0 Å². The zero-order valence-corrected chi connectivity index (χ0v) is 17.7. The highest BCUT2D eigenvalue weighted by Crippen LogP contribution is 2.28. The van der Waals surface area contributed by atoms with E-state index in [9.17, 15) is 13.2 Å². The van der Waals surface area contributed by atoms with E-state index in [4.69, 9.17) is 5.73 Å². The van der Waals surface area contributed by atoms with Crippen molar-refractivity contribution < 1.29 is 13.2 Å². The first-order valence-corrected chi connectivity index (χ1v) is 11.1. The van der Waals surface area contributed by atoms with Gasteiger partial charge in [0.1, 0.15) is 0 Å². The lowest BCUT2D eigenvalue weighted by Gasteiger charge is -2.18. The van der Waals surface area contributed by atoms with Crippen LogP contribution in [0.25, 0.3) is 0 Å². The number of amides is 1. The first-order chi connectivity index (χ1) is 13.5. The zero-order chi connectivity index (χ0) is 19.7. The molecule has 2 atom stereocenters. The molecule has 8 heteroatoms. The second-order valence-electron chi connectivity index (χ2n) is 7.53. The van der Waals surface area contributed by atoms with Gasteiger partial charge >= 0.3 is 0 Å². The summed E-state index contributed by atoms with van der Waals surface area (Å²) in [5.74, 6) is -0.000954. The molecule has 2 aromatic carbocycles. The number of hydrogen-bond donors (Lipinski definition) is 1. The molecule has 6 nitrogen and oxygen atoms in total. The molecule has 4 rings (SSSR count). The highest BCUT2D eigenvalue weighted by atomic mass is 35.5. The summed E-state index contributed by atoms with van der Waals surface area (Å²) in [5, 5.41) is 0. The Kier molecular flexibility index (Phi) is 6.63. The molecule has 2 fully saturated rings.